The number of hydrogen-bond donors (Lipinski definition) is 1. The van der Waals surface area contributed by atoms with Crippen LogP contribution in [-0.4, -0.2) is 11.3 Å². The van der Waals surface area contributed by atoms with Crippen molar-refractivity contribution in [1.82, 2.24) is 0 Å². The van der Waals surface area contributed by atoms with Gasteiger partial charge in [0.1, 0.15) is 0 Å². The van der Waals surface area contributed by atoms with Crippen LogP contribution in [0.3, 0.4) is 0 Å². The summed E-state index contributed by atoms with van der Waals surface area (Å²) in [7, 11) is 0. The number of fused-ring (bicyclic) bond motifs is 1. The van der Waals surface area contributed by atoms with E-state index in [2.05, 4.69) is 25.1 Å². The van der Waals surface area contributed by atoms with Gasteiger partial charge in [-0.2, -0.15) is 0 Å². The summed E-state index contributed by atoms with van der Waals surface area (Å²) in [5.41, 5.74) is 9.43. The van der Waals surface area contributed by atoms with Crippen molar-refractivity contribution in [2.24, 2.45) is 11.7 Å². The molecule has 0 bridgehead atoms. The minimum Gasteiger partial charge on any atom is -0.327 e. The maximum atomic E-state index is 6.28. The van der Waals surface area contributed by atoms with E-state index in [-0.39, 0.29) is 0 Å². The Morgan fingerprint density at radius 1 is 1.17 bits per heavy atom. The molecule has 0 radical (unpaired) electrons. The molecule has 3 unspecified atom stereocenters. The zero-order valence-corrected chi connectivity index (χ0v) is 12.0. The molecule has 2 aliphatic carbocycles. The summed E-state index contributed by atoms with van der Waals surface area (Å²) in [5, 5.41) is 0.619. The average molecular weight is 261 g/mol. The molecule has 3 atom stereocenters. The molecule has 0 amide bonds. The van der Waals surface area contributed by atoms with Crippen LogP contribution in [0.15, 0.2) is 23.1 Å². The third-order valence-corrected chi connectivity index (χ3v) is 5.83. The molecule has 0 aromatic heterocycles. The summed E-state index contributed by atoms with van der Waals surface area (Å²) in [6, 6.07) is 7.45. The predicted octanol–water partition coefficient (Wildman–Crippen LogP) is 3.78. The highest BCUT2D eigenvalue weighted by atomic mass is 32.2. The molecule has 3 rings (SSSR count). The Morgan fingerprint density at radius 3 is 2.89 bits per heavy atom. The normalized spacial score (nSPS) is 31.3. The van der Waals surface area contributed by atoms with E-state index in [1.165, 1.54) is 43.4 Å². The van der Waals surface area contributed by atoms with Crippen molar-refractivity contribution in [3.8, 4) is 0 Å². The second-order valence-electron chi connectivity index (χ2n) is 6.02. The lowest BCUT2D eigenvalue weighted by Crippen LogP contribution is -2.37. The Kier molecular flexibility index (Phi) is 3.67. The van der Waals surface area contributed by atoms with Crippen LogP contribution in [0, 0.1) is 5.92 Å². The van der Waals surface area contributed by atoms with Gasteiger partial charge in [-0.15, -0.1) is 11.8 Å². The van der Waals surface area contributed by atoms with E-state index in [0.29, 0.717) is 11.3 Å². The van der Waals surface area contributed by atoms with E-state index >= 15 is 0 Å². The van der Waals surface area contributed by atoms with Gasteiger partial charge in [0, 0.05) is 16.2 Å². The minimum absolute atomic E-state index is 0.388. The van der Waals surface area contributed by atoms with E-state index < -0.39 is 0 Å². The smallest absolute Gasteiger partial charge is 0.0248 e. The van der Waals surface area contributed by atoms with Crippen molar-refractivity contribution < 1.29 is 0 Å². The van der Waals surface area contributed by atoms with E-state index in [9.17, 15) is 0 Å². The Bertz CT molecular complexity index is 429. The molecule has 0 heterocycles. The average Bonchev–Trinajstić information content (AvgIpc) is 2.81. The first kappa shape index (κ1) is 12.6. The summed E-state index contributed by atoms with van der Waals surface area (Å²) < 4.78 is 0. The van der Waals surface area contributed by atoms with Crippen molar-refractivity contribution >= 4 is 11.8 Å². The molecule has 18 heavy (non-hydrogen) atoms. The van der Waals surface area contributed by atoms with E-state index in [4.69, 9.17) is 5.73 Å². The third kappa shape index (κ3) is 2.60. The second kappa shape index (κ2) is 5.26. The SMILES string of the molecule is CC1CCC(N)C(Sc2ccc3c(c2)CCC3)C1. The van der Waals surface area contributed by atoms with Gasteiger partial charge in [-0.05, 0) is 67.7 Å². The molecule has 98 valence electrons. The fraction of sp³-hybridized carbons (Fsp3) is 0.625. The summed E-state index contributed by atoms with van der Waals surface area (Å²) >= 11 is 2.02. The Balaban J connectivity index is 1.72. The number of rotatable bonds is 2. The molecule has 2 aliphatic rings. The second-order valence-corrected chi connectivity index (χ2v) is 7.34. The first-order valence-corrected chi connectivity index (χ1v) is 8.14. The number of aryl methyl sites for hydroxylation is 2. The molecule has 1 aromatic rings. The van der Waals surface area contributed by atoms with E-state index in [1.807, 2.05) is 11.8 Å². The van der Waals surface area contributed by atoms with Gasteiger partial charge >= 0.3 is 0 Å². The first-order valence-electron chi connectivity index (χ1n) is 7.26. The van der Waals surface area contributed by atoms with Crippen LogP contribution in [0.25, 0.3) is 0 Å². The number of benzene rings is 1. The van der Waals surface area contributed by atoms with Crippen LogP contribution in [0.1, 0.15) is 43.7 Å². The quantitative estimate of drug-likeness (QED) is 0.876. The number of hydrogen-bond acceptors (Lipinski definition) is 2. The highest BCUT2D eigenvalue weighted by Gasteiger charge is 2.27. The fourth-order valence-corrected chi connectivity index (χ4v) is 4.73. The molecular weight excluding hydrogens is 238 g/mol. The van der Waals surface area contributed by atoms with Crippen LogP contribution >= 0.6 is 11.8 Å². The van der Waals surface area contributed by atoms with Gasteiger partial charge in [-0.25, -0.2) is 0 Å². The van der Waals surface area contributed by atoms with Gasteiger partial charge in [-0.3, -0.25) is 0 Å². The molecule has 1 aromatic carbocycles. The minimum atomic E-state index is 0.388. The lowest BCUT2D eigenvalue weighted by Gasteiger charge is -2.32. The van der Waals surface area contributed by atoms with Gasteiger partial charge in [0.05, 0.1) is 0 Å². The maximum absolute atomic E-state index is 6.28. The van der Waals surface area contributed by atoms with Crippen molar-refractivity contribution in [3.63, 3.8) is 0 Å². The zero-order chi connectivity index (χ0) is 12.5. The lowest BCUT2D eigenvalue weighted by molar-refractivity contribution is 0.357. The van der Waals surface area contributed by atoms with Crippen molar-refractivity contribution in [2.45, 2.75) is 61.6 Å². The predicted molar refractivity (Wildman–Crippen MR) is 79.1 cm³/mol. The summed E-state index contributed by atoms with van der Waals surface area (Å²) in [6.45, 7) is 2.36. The zero-order valence-electron chi connectivity index (χ0n) is 11.2. The van der Waals surface area contributed by atoms with Gasteiger partial charge in [-0.1, -0.05) is 13.0 Å². The van der Waals surface area contributed by atoms with Crippen LogP contribution in [0.5, 0.6) is 0 Å². The number of thioether (sulfide) groups is 1. The summed E-state index contributed by atoms with van der Waals surface area (Å²) in [5.74, 6) is 0.844. The fourth-order valence-electron chi connectivity index (χ4n) is 3.28. The maximum Gasteiger partial charge on any atom is 0.0248 e. The highest BCUT2D eigenvalue weighted by Crippen LogP contribution is 2.37. The highest BCUT2D eigenvalue weighted by molar-refractivity contribution is 8.00. The third-order valence-electron chi connectivity index (χ3n) is 4.46. The van der Waals surface area contributed by atoms with Gasteiger partial charge < -0.3 is 5.73 Å². The summed E-state index contributed by atoms with van der Waals surface area (Å²) in [6.07, 6.45) is 7.68. The van der Waals surface area contributed by atoms with Gasteiger partial charge in [0.2, 0.25) is 0 Å². The van der Waals surface area contributed by atoms with E-state index in [1.54, 1.807) is 11.1 Å². The van der Waals surface area contributed by atoms with Crippen LogP contribution in [0.2, 0.25) is 0 Å². The topological polar surface area (TPSA) is 26.0 Å². The van der Waals surface area contributed by atoms with E-state index in [0.717, 1.165) is 5.92 Å². The first-order chi connectivity index (χ1) is 8.72. The largest absolute Gasteiger partial charge is 0.327 e. The van der Waals surface area contributed by atoms with Crippen LogP contribution < -0.4 is 5.73 Å². The van der Waals surface area contributed by atoms with Gasteiger partial charge in [0.15, 0.2) is 0 Å². The number of nitrogens with two attached hydrogens (primary N) is 1. The van der Waals surface area contributed by atoms with Crippen molar-refractivity contribution in [2.75, 3.05) is 0 Å². The molecule has 1 saturated carbocycles. The molecule has 2 heteroatoms. The van der Waals surface area contributed by atoms with Crippen molar-refractivity contribution in [1.29, 1.82) is 0 Å². The molecular formula is C16H23NS. The van der Waals surface area contributed by atoms with Crippen LogP contribution in [0.4, 0.5) is 0 Å². The molecule has 2 N–H and O–H groups in total. The summed E-state index contributed by atoms with van der Waals surface area (Å²) in [4.78, 5) is 1.44. The Morgan fingerprint density at radius 2 is 2.00 bits per heavy atom. The standard InChI is InChI=1S/C16H23NS/c1-11-5-8-15(17)16(9-11)18-14-7-6-12-3-2-4-13(12)10-14/h6-7,10-11,15-16H,2-5,8-9,17H2,1H3. The molecule has 1 nitrogen and oxygen atoms in total. The Hall–Kier alpha value is -0.470. The molecule has 0 aliphatic heterocycles. The molecule has 0 spiro atoms. The van der Waals surface area contributed by atoms with Gasteiger partial charge in [0.25, 0.3) is 0 Å². The molecule has 1 fully saturated rings. The molecule has 0 saturated heterocycles. The van der Waals surface area contributed by atoms with Crippen LogP contribution in [-0.2, 0) is 12.8 Å². The Labute approximate surface area is 115 Å². The lowest BCUT2D eigenvalue weighted by atomic mass is 9.87. The van der Waals surface area contributed by atoms with Crippen molar-refractivity contribution in [3.05, 3.63) is 29.3 Å². The monoisotopic (exact) mass is 261 g/mol.